The summed E-state index contributed by atoms with van der Waals surface area (Å²) >= 11 is 1.12. The first-order valence-corrected chi connectivity index (χ1v) is 7.43. The van der Waals surface area contributed by atoms with E-state index in [2.05, 4.69) is 20.5 Å². The number of aromatic nitrogens is 4. The monoisotopic (exact) mass is 345 g/mol. The number of hydrogen-bond acceptors (Lipinski definition) is 5. The highest BCUT2D eigenvalue weighted by Gasteiger charge is 2.30. The molecule has 0 saturated carbocycles. The molecule has 0 aliphatic rings. The Morgan fingerprint density at radius 1 is 1.35 bits per heavy atom. The summed E-state index contributed by atoms with van der Waals surface area (Å²) in [5.74, 6) is 0.531. The lowest BCUT2D eigenvalue weighted by molar-refractivity contribution is -0.137. The van der Waals surface area contributed by atoms with Gasteiger partial charge in [0, 0.05) is 33.1 Å². The average molecular weight is 345 g/mol. The van der Waals surface area contributed by atoms with Gasteiger partial charge in [-0.15, -0.1) is 10.2 Å². The number of halogens is 3. The first kappa shape index (κ1) is 17.3. The zero-order valence-corrected chi connectivity index (χ0v) is 13.2. The highest BCUT2D eigenvalue weighted by molar-refractivity contribution is 7.99. The van der Waals surface area contributed by atoms with Crippen LogP contribution in [-0.4, -0.2) is 32.2 Å². The summed E-state index contributed by atoms with van der Waals surface area (Å²) in [6.45, 7) is 1.86. The molecule has 1 N–H and O–H groups in total. The molecule has 2 aromatic rings. The van der Waals surface area contributed by atoms with E-state index in [4.69, 9.17) is 0 Å². The van der Waals surface area contributed by atoms with E-state index in [-0.39, 0.29) is 5.91 Å². The molecule has 0 fully saturated rings. The van der Waals surface area contributed by atoms with Crippen LogP contribution in [0.25, 0.3) is 0 Å². The van der Waals surface area contributed by atoms with Crippen molar-refractivity contribution in [1.82, 2.24) is 25.1 Å². The first-order chi connectivity index (χ1) is 10.8. The van der Waals surface area contributed by atoms with E-state index in [0.717, 1.165) is 24.0 Å². The molecule has 1 amide bonds. The first-order valence-electron chi connectivity index (χ1n) is 6.61. The molecule has 0 saturated heterocycles. The number of alkyl halides is 3. The number of amides is 1. The lowest BCUT2D eigenvalue weighted by atomic mass is 10.3. The molecule has 124 valence electrons. The predicted molar refractivity (Wildman–Crippen MR) is 76.8 cm³/mol. The molecule has 23 heavy (non-hydrogen) atoms. The zero-order valence-electron chi connectivity index (χ0n) is 12.4. The summed E-state index contributed by atoms with van der Waals surface area (Å²) in [6, 6.07) is 2.27. The number of nitrogens with zero attached hydrogens (tertiary/aromatic N) is 4. The third kappa shape index (κ3) is 4.68. The van der Waals surface area contributed by atoms with Gasteiger partial charge in [-0.1, -0.05) is 0 Å². The summed E-state index contributed by atoms with van der Waals surface area (Å²) in [5.41, 5.74) is -0.796. The fourth-order valence-electron chi connectivity index (χ4n) is 1.70. The van der Waals surface area contributed by atoms with Gasteiger partial charge in [0.25, 0.3) is 0 Å². The Bertz CT molecular complexity index is 684. The molecule has 10 heteroatoms. The van der Waals surface area contributed by atoms with Gasteiger partial charge < -0.3 is 9.88 Å². The van der Waals surface area contributed by atoms with E-state index >= 15 is 0 Å². The van der Waals surface area contributed by atoms with E-state index < -0.39 is 11.7 Å². The molecule has 0 aromatic carbocycles. The Hall–Kier alpha value is -2.10. The summed E-state index contributed by atoms with van der Waals surface area (Å²) in [4.78, 5) is 14.6. The van der Waals surface area contributed by atoms with Gasteiger partial charge in [-0.2, -0.15) is 13.2 Å². The van der Waals surface area contributed by atoms with Gasteiger partial charge in [0.1, 0.15) is 10.9 Å². The molecule has 6 nitrogen and oxygen atoms in total. The zero-order chi connectivity index (χ0) is 17.0. The van der Waals surface area contributed by atoms with Crippen molar-refractivity contribution < 1.29 is 18.0 Å². The summed E-state index contributed by atoms with van der Waals surface area (Å²) in [6.07, 6.45) is -3.11. The van der Waals surface area contributed by atoms with Crippen molar-refractivity contribution in [1.29, 1.82) is 0 Å². The third-order valence-electron chi connectivity index (χ3n) is 2.91. The molecule has 0 bridgehead atoms. The number of hydrogen-bond donors (Lipinski definition) is 1. The highest BCUT2D eigenvalue weighted by Crippen LogP contribution is 2.30. The molecular weight excluding hydrogens is 331 g/mol. The third-order valence-corrected chi connectivity index (χ3v) is 3.90. The van der Waals surface area contributed by atoms with Gasteiger partial charge in [0.05, 0.1) is 5.56 Å². The van der Waals surface area contributed by atoms with Crippen LogP contribution in [-0.2, 0) is 24.4 Å². The minimum Gasteiger partial charge on any atom is -0.356 e. The van der Waals surface area contributed by atoms with Crippen molar-refractivity contribution in [2.75, 3.05) is 6.54 Å². The Morgan fingerprint density at radius 2 is 2.09 bits per heavy atom. The lowest BCUT2D eigenvalue weighted by Crippen LogP contribution is -2.23. The fraction of sp³-hybridized carbons (Fsp3) is 0.385. The van der Waals surface area contributed by atoms with Gasteiger partial charge in [-0.25, -0.2) is 4.98 Å². The Labute approximate surface area is 134 Å². The van der Waals surface area contributed by atoms with Crippen molar-refractivity contribution in [3.05, 3.63) is 29.7 Å². The minimum atomic E-state index is -4.40. The second kappa shape index (κ2) is 6.99. The maximum Gasteiger partial charge on any atom is 0.417 e. The molecular formula is C13H14F3N5OS. The van der Waals surface area contributed by atoms with Crippen LogP contribution in [0.2, 0.25) is 0 Å². The Balaban J connectivity index is 2.03. The van der Waals surface area contributed by atoms with Gasteiger partial charge in [0.2, 0.25) is 5.91 Å². The van der Waals surface area contributed by atoms with Crippen LogP contribution < -0.4 is 5.32 Å². The Morgan fingerprint density at radius 3 is 2.65 bits per heavy atom. The summed E-state index contributed by atoms with van der Waals surface area (Å²) in [5, 5.41) is 11.5. The molecule has 2 aromatic heterocycles. The lowest BCUT2D eigenvalue weighted by Gasteiger charge is -2.07. The maximum atomic E-state index is 12.5. The van der Waals surface area contributed by atoms with E-state index in [1.165, 1.54) is 13.0 Å². The van der Waals surface area contributed by atoms with Gasteiger partial charge in [0.15, 0.2) is 5.16 Å². The minimum absolute atomic E-state index is 0.129. The van der Waals surface area contributed by atoms with Crippen molar-refractivity contribution in [3.63, 3.8) is 0 Å². The molecule has 2 heterocycles. The van der Waals surface area contributed by atoms with E-state index in [1.807, 2.05) is 0 Å². The van der Waals surface area contributed by atoms with Crippen molar-refractivity contribution >= 4 is 17.7 Å². The van der Waals surface area contributed by atoms with Crippen LogP contribution >= 0.6 is 11.8 Å². The second-order valence-corrected chi connectivity index (χ2v) is 5.66. The number of carbonyl (C=O) groups is 1. The molecule has 0 radical (unpaired) electrons. The van der Waals surface area contributed by atoms with Gasteiger partial charge in [-0.05, 0) is 23.9 Å². The molecule has 2 rings (SSSR count). The SMILES string of the molecule is CC(=O)NCCc1nnc(Sc2ccc(C(F)(F)F)cn2)n1C. The number of carbonyl (C=O) groups excluding carboxylic acids is 1. The molecule has 0 aliphatic heterocycles. The van der Waals surface area contributed by atoms with E-state index in [9.17, 15) is 18.0 Å². The van der Waals surface area contributed by atoms with Crippen molar-refractivity contribution in [2.24, 2.45) is 7.05 Å². The van der Waals surface area contributed by atoms with E-state index in [1.54, 1.807) is 11.6 Å². The number of nitrogens with one attached hydrogen (secondary N) is 1. The van der Waals surface area contributed by atoms with Crippen molar-refractivity contribution in [2.45, 2.75) is 29.7 Å². The fourth-order valence-corrected chi connectivity index (χ4v) is 2.46. The van der Waals surface area contributed by atoms with E-state index in [0.29, 0.717) is 29.0 Å². The van der Waals surface area contributed by atoms with Gasteiger partial charge >= 0.3 is 6.18 Å². The van der Waals surface area contributed by atoms with Crippen molar-refractivity contribution in [3.8, 4) is 0 Å². The summed E-state index contributed by atoms with van der Waals surface area (Å²) in [7, 11) is 1.75. The number of pyridine rings is 1. The number of rotatable bonds is 5. The smallest absolute Gasteiger partial charge is 0.356 e. The molecule has 0 unspecified atom stereocenters. The average Bonchev–Trinajstić information content (AvgIpc) is 2.80. The normalized spacial score (nSPS) is 11.5. The van der Waals surface area contributed by atoms with Crippen LogP contribution in [0.3, 0.4) is 0 Å². The Kier molecular flexibility index (Phi) is 5.24. The second-order valence-electron chi connectivity index (χ2n) is 4.68. The van der Waals surface area contributed by atoms with Crippen LogP contribution in [0.4, 0.5) is 13.2 Å². The molecule has 0 spiro atoms. The van der Waals surface area contributed by atoms with Gasteiger partial charge in [-0.3, -0.25) is 4.79 Å². The maximum absolute atomic E-state index is 12.5. The standard InChI is InChI=1S/C13H14F3N5OS/c1-8(22)17-6-5-10-19-20-12(21(10)2)23-11-4-3-9(7-18-11)13(14,15)16/h3-4,7H,5-6H2,1-2H3,(H,17,22). The summed E-state index contributed by atoms with van der Waals surface area (Å²) < 4.78 is 39.2. The molecule has 0 atom stereocenters. The van der Waals surface area contributed by atoms with Crippen LogP contribution in [0.15, 0.2) is 28.5 Å². The van der Waals surface area contributed by atoms with Crippen LogP contribution in [0.1, 0.15) is 18.3 Å². The largest absolute Gasteiger partial charge is 0.417 e. The quantitative estimate of drug-likeness (QED) is 0.898. The van der Waals surface area contributed by atoms with Crippen LogP contribution in [0, 0.1) is 0 Å². The van der Waals surface area contributed by atoms with Crippen LogP contribution in [0.5, 0.6) is 0 Å². The predicted octanol–water partition coefficient (Wildman–Crippen LogP) is 2.06. The topological polar surface area (TPSA) is 72.7 Å². The highest BCUT2D eigenvalue weighted by atomic mass is 32.2. The molecule has 0 aliphatic carbocycles.